The summed E-state index contributed by atoms with van der Waals surface area (Å²) in [7, 11) is 4.58. The summed E-state index contributed by atoms with van der Waals surface area (Å²) >= 11 is 0. The first-order valence-electron chi connectivity index (χ1n) is 9.07. The fraction of sp³-hybridized carbons (Fsp3) is 0.421. The third kappa shape index (κ3) is 4.36. The molecular weight excluding hydrogens is 362 g/mol. The number of H-pyrrole nitrogens is 1. The fourth-order valence-corrected chi connectivity index (χ4v) is 2.84. The zero-order valence-electron chi connectivity index (χ0n) is 16.8. The third-order valence-corrected chi connectivity index (χ3v) is 4.31. The molecular formula is C19H27N5O4. The van der Waals surface area contributed by atoms with E-state index >= 15 is 0 Å². The Hall–Kier alpha value is -3.23. The van der Waals surface area contributed by atoms with Crippen molar-refractivity contribution in [1.82, 2.24) is 14.7 Å². The molecule has 1 heterocycles. The van der Waals surface area contributed by atoms with Gasteiger partial charge in [-0.1, -0.05) is 19.4 Å². The molecule has 1 amide bonds. The molecule has 0 aliphatic heterocycles. The number of aromatic hydroxyl groups is 1. The van der Waals surface area contributed by atoms with Gasteiger partial charge in [0.1, 0.15) is 11.4 Å². The molecule has 0 aliphatic carbocycles. The van der Waals surface area contributed by atoms with Crippen LogP contribution in [0.5, 0.6) is 5.75 Å². The number of aromatic nitrogens is 2. The van der Waals surface area contributed by atoms with Gasteiger partial charge in [0.05, 0.1) is 11.3 Å². The van der Waals surface area contributed by atoms with E-state index in [1.165, 1.54) is 24.1 Å². The van der Waals surface area contributed by atoms with Crippen LogP contribution in [0, 0.1) is 0 Å². The molecule has 9 heteroatoms. The van der Waals surface area contributed by atoms with Crippen molar-refractivity contribution < 1.29 is 9.90 Å². The van der Waals surface area contributed by atoms with E-state index < -0.39 is 11.1 Å². The number of para-hydroxylation sites is 1. The first-order valence-corrected chi connectivity index (χ1v) is 9.07. The Morgan fingerprint density at radius 1 is 1.29 bits per heavy atom. The van der Waals surface area contributed by atoms with Crippen LogP contribution in [0.1, 0.15) is 37.0 Å². The van der Waals surface area contributed by atoms with Gasteiger partial charge in [-0.15, -0.1) is 0 Å². The Morgan fingerprint density at radius 2 is 1.96 bits per heavy atom. The van der Waals surface area contributed by atoms with Gasteiger partial charge in [0.2, 0.25) is 0 Å². The highest BCUT2D eigenvalue weighted by atomic mass is 16.3. The summed E-state index contributed by atoms with van der Waals surface area (Å²) in [6.45, 7) is 3.94. The number of hydrogen-bond acceptors (Lipinski definition) is 6. The van der Waals surface area contributed by atoms with Crippen LogP contribution in [0.3, 0.4) is 0 Å². The maximum Gasteiger partial charge on any atom is 0.290 e. The predicted molar refractivity (Wildman–Crippen MR) is 110 cm³/mol. The Bertz CT molecular complexity index is 977. The summed E-state index contributed by atoms with van der Waals surface area (Å²) in [5, 5.41) is 18.9. The van der Waals surface area contributed by atoms with Gasteiger partial charge in [0, 0.05) is 27.2 Å². The van der Waals surface area contributed by atoms with Crippen LogP contribution in [0.4, 0.5) is 17.1 Å². The zero-order valence-corrected chi connectivity index (χ0v) is 16.8. The first-order chi connectivity index (χ1) is 13.2. The van der Waals surface area contributed by atoms with Crippen molar-refractivity contribution in [3.8, 4) is 5.75 Å². The van der Waals surface area contributed by atoms with Crippen molar-refractivity contribution >= 4 is 23.0 Å². The predicted octanol–water partition coefficient (Wildman–Crippen LogP) is 1.83. The topological polar surface area (TPSA) is 119 Å². The molecule has 28 heavy (non-hydrogen) atoms. The fourth-order valence-electron chi connectivity index (χ4n) is 2.84. The quantitative estimate of drug-likeness (QED) is 0.536. The van der Waals surface area contributed by atoms with E-state index in [9.17, 15) is 19.5 Å². The number of benzene rings is 1. The molecule has 0 fully saturated rings. The van der Waals surface area contributed by atoms with Gasteiger partial charge in [-0.2, -0.15) is 0 Å². The summed E-state index contributed by atoms with van der Waals surface area (Å²) in [5.74, 6) is -0.675. The normalized spacial score (nSPS) is 11.8. The van der Waals surface area contributed by atoms with Gasteiger partial charge in [-0.05, 0) is 25.5 Å². The smallest absolute Gasteiger partial charge is 0.290 e. The van der Waals surface area contributed by atoms with Crippen molar-refractivity contribution in [2.45, 2.75) is 32.7 Å². The number of nitrogens with zero attached hydrogens (tertiary/aromatic N) is 2. The molecule has 0 saturated heterocycles. The monoisotopic (exact) mass is 389 g/mol. The molecule has 2 aromatic rings. The van der Waals surface area contributed by atoms with Crippen molar-refractivity contribution in [3.05, 3.63) is 44.5 Å². The second kappa shape index (κ2) is 8.64. The van der Waals surface area contributed by atoms with E-state index in [0.717, 1.165) is 17.5 Å². The first kappa shape index (κ1) is 21.1. The molecule has 1 atom stereocenters. The van der Waals surface area contributed by atoms with Crippen molar-refractivity contribution in [3.63, 3.8) is 0 Å². The van der Waals surface area contributed by atoms with E-state index in [1.807, 2.05) is 13.8 Å². The molecule has 152 valence electrons. The van der Waals surface area contributed by atoms with Crippen molar-refractivity contribution in [1.29, 1.82) is 0 Å². The summed E-state index contributed by atoms with van der Waals surface area (Å²) in [5.41, 5.74) is -0.610. The molecule has 0 radical (unpaired) electrons. The number of nitrogens with one attached hydrogen (secondary N) is 3. The van der Waals surface area contributed by atoms with E-state index in [0.29, 0.717) is 0 Å². The van der Waals surface area contributed by atoms with E-state index in [4.69, 9.17) is 0 Å². The lowest BCUT2D eigenvalue weighted by Gasteiger charge is -2.19. The third-order valence-electron chi connectivity index (χ3n) is 4.31. The summed E-state index contributed by atoms with van der Waals surface area (Å²) in [6, 6.07) is 4.57. The van der Waals surface area contributed by atoms with Gasteiger partial charge in [0.15, 0.2) is 5.75 Å². The number of aryl methyl sites for hydroxylation is 1. The molecule has 1 aromatic heterocycles. The second-order valence-corrected chi connectivity index (χ2v) is 6.92. The van der Waals surface area contributed by atoms with Gasteiger partial charge in [-0.3, -0.25) is 24.2 Å². The number of carbonyl (C=O) groups is 1. The number of hydrogen-bond donors (Lipinski definition) is 4. The number of phenols is 1. The van der Waals surface area contributed by atoms with E-state index in [1.54, 1.807) is 20.2 Å². The molecule has 1 aromatic carbocycles. The summed E-state index contributed by atoms with van der Waals surface area (Å²) in [4.78, 5) is 38.7. The highest BCUT2D eigenvalue weighted by Gasteiger charge is 2.20. The molecule has 0 saturated carbocycles. The van der Waals surface area contributed by atoms with E-state index in [-0.39, 0.29) is 40.3 Å². The Morgan fingerprint density at radius 3 is 2.57 bits per heavy atom. The van der Waals surface area contributed by atoms with Crippen LogP contribution in [-0.4, -0.2) is 45.8 Å². The summed E-state index contributed by atoms with van der Waals surface area (Å²) in [6.07, 6.45) is 1.72. The summed E-state index contributed by atoms with van der Waals surface area (Å²) < 4.78 is 1.06. The molecule has 2 rings (SSSR count). The van der Waals surface area contributed by atoms with Crippen LogP contribution >= 0.6 is 0 Å². The van der Waals surface area contributed by atoms with Crippen LogP contribution in [0.25, 0.3) is 0 Å². The maximum atomic E-state index is 12.7. The average molecular weight is 389 g/mol. The Labute approximate surface area is 163 Å². The SMILES string of the molecule is CCCC(C)Nc1c(Nc2cccc(C(=O)N(C)C)c2O)c(=O)n(C)[nH]c1=O. The van der Waals surface area contributed by atoms with Crippen LogP contribution in [0.2, 0.25) is 0 Å². The van der Waals surface area contributed by atoms with Crippen LogP contribution in [0.15, 0.2) is 27.8 Å². The minimum Gasteiger partial charge on any atom is -0.505 e. The largest absolute Gasteiger partial charge is 0.505 e. The van der Waals surface area contributed by atoms with Gasteiger partial charge in [0.25, 0.3) is 17.0 Å². The number of rotatable bonds is 7. The lowest BCUT2D eigenvalue weighted by molar-refractivity contribution is 0.0824. The standard InChI is InChI=1S/C19H27N5O4/c1-6-8-11(2)20-14-15(19(28)24(5)22-17(14)26)21-13-10-7-9-12(16(13)25)18(27)23(3)4/h7,9-11,20-21,25H,6,8H2,1-5H3,(H,22,26). The number of amides is 1. The minimum absolute atomic E-state index is 0.000967. The number of phenolic OH excluding ortho intramolecular Hbond substituents is 1. The van der Waals surface area contributed by atoms with Crippen LogP contribution < -0.4 is 21.8 Å². The average Bonchev–Trinajstić information content (AvgIpc) is 2.63. The number of carbonyl (C=O) groups excluding carboxylic acids is 1. The molecule has 0 bridgehead atoms. The van der Waals surface area contributed by atoms with Gasteiger partial charge in [-0.25, -0.2) is 0 Å². The van der Waals surface area contributed by atoms with Crippen molar-refractivity contribution in [2.75, 3.05) is 24.7 Å². The van der Waals surface area contributed by atoms with E-state index in [2.05, 4.69) is 15.7 Å². The van der Waals surface area contributed by atoms with Crippen molar-refractivity contribution in [2.24, 2.45) is 7.05 Å². The minimum atomic E-state index is -0.477. The molecule has 0 spiro atoms. The van der Waals surface area contributed by atoms with Gasteiger partial charge >= 0.3 is 0 Å². The van der Waals surface area contributed by atoms with Crippen LogP contribution in [-0.2, 0) is 7.05 Å². The molecule has 9 nitrogen and oxygen atoms in total. The zero-order chi connectivity index (χ0) is 21.0. The maximum absolute atomic E-state index is 12.7. The van der Waals surface area contributed by atoms with Gasteiger partial charge < -0.3 is 20.6 Å². The highest BCUT2D eigenvalue weighted by Crippen LogP contribution is 2.31. The lowest BCUT2D eigenvalue weighted by Crippen LogP contribution is -2.33. The Balaban J connectivity index is 2.55. The number of anilines is 3. The lowest BCUT2D eigenvalue weighted by atomic mass is 10.1. The Kier molecular flexibility index (Phi) is 6.50. The highest BCUT2D eigenvalue weighted by molar-refractivity contribution is 5.98. The molecule has 4 N–H and O–H groups in total. The molecule has 1 unspecified atom stereocenters. The number of aromatic amines is 1. The second-order valence-electron chi connectivity index (χ2n) is 6.92. The molecule has 0 aliphatic rings.